The van der Waals surface area contributed by atoms with Crippen molar-refractivity contribution in [2.75, 3.05) is 5.32 Å². The van der Waals surface area contributed by atoms with Crippen LogP contribution >= 0.6 is 0 Å². The summed E-state index contributed by atoms with van der Waals surface area (Å²) >= 11 is 0. The number of anilines is 1. The molecule has 0 aromatic heterocycles. The predicted molar refractivity (Wildman–Crippen MR) is 74.6 cm³/mol. The lowest BCUT2D eigenvalue weighted by Crippen LogP contribution is -2.13. The first-order valence-electron chi connectivity index (χ1n) is 6.34. The van der Waals surface area contributed by atoms with E-state index in [-0.39, 0.29) is 11.7 Å². The zero-order chi connectivity index (χ0) is 15.5. The lowest BCUT2D eigenvalue weighted by Gasteiger charge is -2.19. The maximum atomic E-state index is 12.9. The molecule has 2 rings (SSSR count). The van der Waals surface area contributed by atoms with E-state index in [1.807, 2.05) is 6.07 Å². The van der Waals surface area contributed by atoms with Crippen molar-refractivity contribution < 1.29 is 13.2 Å². The van der Waals surface area contributed by atoms with Crippen LogP contribution in [0.15, 0.2) is 48.5 Å². The predicted octanol–water partition coefficient (Wildman–Crippen LogP) is 4.75. The van der Waals surface area contributed by atoms with Gasteiger partial charge < -0.3 is 5.32 Å². The van der Waals surface area contributed by atoms with E-state index in [4.69, 9.17) is 5.26 Å². The van der Waals surface area contributed by atoms with Crippen LogP contribution in [0.2, 0.25) is 0 Å². The SMILES string of the molecule is CC(Nc1ccccc1C(F)(F)F)c1ccc(C#N)cc1. The number of benzene rings is 2. The fourth-order valence-electron chi connectivity index (χ4n) is 2.02. The number of halogens is 3. The van der Waals surface area contributed by atoms with Crippen molar-refractivity contribution in [2.45, 2.75) is 19.1 Å². The Balaban J connectivity index is 2.23. The van der Waals surface area contributed by atoms with Crippen LogP contribution in [0.25, 0.3) is 0 Å². The standard InChI is InChI=1S/C16H13F3N2/c1-11(13-8-6-12(10-20)7-9-13)21-15-5-3-2-4-14(15)16(17,18)19/h2-9,11,21H,1H3. The molecule has 5 heteroatoms. The van der Waals surface area contributed by atoms with E-state index in [9.17, 15) is 13.2 Å². The van der Waals surface area contributed by atoms with Gasteiger partial charge >= 0.3 is 6.18 Å². The van der Waals surface area contributed by atoms with E-state index < -0.39 is 11.7 Å². The minimum Gasteiger partial charge on any atom is -0.378 e. The highest BCUT2D eigenvalue weighted by molar-refractivity contribution is 5.54. The van der Waals surface area contributed by atoms with Crippen LogP contribution in [0.3, 0.4) is 0 Å². The van der Waals surface area contributed by atoms with Gasteiger partial charge in [-0.3, -0.25) is 0 Å². The van der Waals surface area contributed by atoms with E-state index in [2.05, 4.69) is 5.32 Å². The fraction of sp³-hybridized carbons (Fsp3) is 0.188. The molecule has 108 valence electrons. The summed E-state index contributed by atoms with van der Waals surface area (Å²) in [6, 6.07) is 13.8. The van der Waals surface area contributed by atoms with E-state index in [1.54, 1.807) is 37.3 Å². The molecule has 2 aromatic carbocycles. The second-order valence-corrected chi connectivity index (χ2v) is 4.64. The minimum absolute atomic E-state index is 0.0434. The first-order chi connectivity index (χ1) is 9.91. The Hall–Kier alpha value is -2.48. The van der Waals surface area contributed by atoms with Gasteiger partial charge in [0.2, 0.25) is 0 Å². The van der Waals surface area contributed by atoms with Gasteiger partial charge in [0.15, 0.2) is 0 Å². The smallest absolute Gasteiger partial charge is 0.378 e. The fourth-order valence-corrected chi connectivity index (χ4v) is 2.02. The number of nitriles is 1. The molecule has 0 heterocycles. The molecule has 0 saturated heterocycles. The molecule has 0 fully saturated rings. The molecule has 0 aliphatic heterocycles. The molecular weight excluding hydrogens is 277 g/mol. The summed E-state index contributed by atoms with van der Waals surface area (Å²) < 4.78 is 38.8. The van der Waals surface area contributed by atoms with Crippen LogP contribution in [-0.4, -0.2) is 0 Å². The molecule has 0 saturated carbocycles. The largest absolute Gasteiger partial charge is 0.418 e. The maximum Gasteiger partial charge on any atom is 0.418 e. The highest BCUT2D eigenvalue weighted by atomic mass is 19.4. The molecule has 0 aliphatic rings. The normalized spacial score (nSPS) is 12.5. The van der Waals surface area contributed by atoms with Crippen molar-refractivity contribution in [3.8, 4) is 6.07 Å². The van der Waals surface area contributed by atoms with Gasteiger partial charge in [0, 0.05) is 11.7 Å². The van der Waals surface area contributed by atoms with Crippen molar-refractivity contribution in [3.05, 3.63) is 65.2 Å². The molecule has 1 unspecified atom stereocenters. The van der Waals surface area contributed by atoms with Crippen molar-refractivity contribution in [3.63, 3.8) is 0 Å². The summed E-state index contributed by atoms with van der Waals surface area (Å²) in [5.74, 6) is 0. The molecule has 1 N–H and O–H groups in total. The molecule has 0 aliphatic carbocycles. The number of alkyl halides is 3. The van der Waals surface area contributed by atoms with Crippen molar-refractivity contribution in [2.24, 2.45) is 0 Å². The number of hydrogen-bond acceptors (Lipinski definition) is 2. The van der Waals surface area contributed by atoms with Crippen molar-refractivity contribution in [1.82, 2.24) is 0 Å². The number of para-hydroxylation sites is 1. The molecule has 0 bridgehead atoms. The Labute approximate surface area is 120 Å². The van der Waals surface area contributed by atoms with Gasteiger partial charge in [-0.1, -0.05) is 24.3 Å². The third-order valence-corrected chi connectivity index (χ3v) is 3.14. The third-order valence-electron chi connectivity index (χ3n) is 3.14. The van der Waals surface area contributed by atoms with Crippen LogP contribution in [-0.2, 0) is 6.18 Å². The Morgan fingerprint density at radius 3 is 2.24 bits per heavy atom. The second kappa shape index (κ2) is 5.88. The summed E-state index contributed by atoms with van der Waals surface area (Å²) in [5.41, 5.74) is 0.681. The third kappa shape index (κ3) is 3.54. The van der Waals surface area contributed by atoms with Crippen LogP contribution in [0, 0.1) is 11.3 Å². The monoisotopic (exact) mass is 290 g/mol. The zero-order valence-electron chi connectivity index (χ0n) is 11.3. The zero-order valence-corrected chi connectivity index (χ0v) is 11.3. The first kappa shape index (κ1) is 14.9. The molecule has 2 nitrogen and oxygen atoms in total. The summed E-state index contributed by atoms with van der Waals surface area (Å²) in [5, 5.41) is 11.6. The molecule has 0 radical (unpaired) electrons. The van der Waals surface area contributed by atoms with E-state index in [1.165, 1.54) is 12.1 Å². The van der Waals surface area contributed by atoms with Crippen LogP contribution < -0.4 is 5.32 Å². The van der Waals surface area contributed by atoms with Gasteiger partial charge in [0.1, 0.15) is 0 Å². The summed E-state index contributed by atoms with van der Waals surface area (Å²) in [6.07, 6.45) is -4.39. The highest BCUT2D eigenvalue weighted by Gasteiger charge is 2.33. The van der Waals surface area contributed by atoms with E-state index in [0.29, 0.717) is 5.56 Å². The Kier molecular flexibility index (Phi) is 4.18. The average molecular weight is 290 g/mol. The van der Waals surface area contributed by atoms with Gasteiger partial charge in [-0.05, 0) is 36.8 Å². The Morgan fingerprint density at radius 2 is 1.67 bits per heavy atom. The van der Waals surface area contributed by atoms with Gasteiger partial charge in [0.25, 0.3) is 0 Å². The van der Waals surface area contributed by atoms with E-state index >= 15 is 0 Å². The molecule has 2 aromatic rings. The molecular formula is C16H13F3N2. The van der Waals surface area contributed by atoms with Crippen LogP contribution in [0.1, 0.15) is 29.7 Å². The molecule has 0 spiro atoms. The Bertz CT molecular complexity index is 654. The van der Waals surface area contributed by atoms with Gasteiger partial charge in [-0.25, -0.2) is 0 Å². The van der Waals surface area contributed by atoms with Crippen LogP contribution in [0.4, 0.5) is 18.9 Å². The van der Waals surface area contributed by atoms with Gasteiger partial charge in [0.05, 0.1) is 17.2 Å². The van der Waals surface area contributed by atoms with E-state index in [0.717, 1.165) is 11.6 Å². The maximum absolute atomic E-state index is 12.9. The van der Waals surface area contributed by atoms with Gasteiger partial charge in [-0.15, -0.1) is 0 Å². The topological polar surface area (TPSA) is 35.8 Å². The molecule has 0 amide bonds. The Morgan fingerprint density at radius 1 is 1.05 bits per heavy atom. The van der Waals surface area contributed by atoms with Crippen LogP contribution in [0.5, 0.6) is 0 Å². The highest BCUT2D eigenvalue weighted by Crippen LogP contribution is 2.35. The quantitative estimate of drug-likeness (QED) is 0.885. The number of nitrogens with one attached hydrogen (secondary N) is 1. The lowest BCUT2D eigenvalue weighted by atomic mass is 10.1. The second-order valence-electron chi connectivity index (χ2n) is 4.64. The molecule has 1 atom stereocenters. The summed E-state index contributed by atoms with van der Waals surface area (Å²) in [7, 11) is 0. The van der Waals surface area contributed by atoms with Crippen molar-refractivity contribution >= 4 is 5.69 Å². The lowest BCUT2D eigenvalue weighted by molar-refractivity contribution is -0.137. The minimum atomic E-state index is -4.39. The first-order valence-corrected chi connectivity index (χ1v) is 6.34. The summed E-state index contributed by atoms with van der Waals surface area (Å²) in [6.45, 7) is 1.77. The summed E-state index contributed by atoms with van der Waals surface area (Å²) in [4.78, 5) is 0. The average Bonchev–Trinajstić information content (AvgIpc) is 2.47. The molecule has 21 heavy (non-hydrogen) atoms. The number of hydrogen-bond donors (Lipinski definition) is 1. The van der Waals surface area contributed by atoms with Gasteiger partial charge in [-0.2, -0.15) is 18.4 Å². The number of nitrogens with zero attached hydrogens (tertiary/aromatic N) is 1. The number of rotatable bonds is 3. The van der Waals surface area contributed by atoms with Crippen molar-refractivity contribution in [1.29, 1.82) is 5.26 Å².